The molecule has 1 amide bonds. The van der Waals surface area contributed by atoms with Crippen molar-refractivity contribution in [1.29, 1.82) is 0 Å². The summed E-state index contributed by atoms with van der Waals surface area (Å²) < 4.78 is 37.0. The van der Waals surface area contributed by atoms with Crippen LogP contribution in [0.15, 0.2) is 42.5 Å². The van der Waals surface area contributed by atoms with Crippen LogP contribution in [0.3, 0.4) is 0 Å². The zero-order valence-corrected chi connectivity index (χ0v) is 19.1. The molecular formula is C22H30N2O5S. The Bertz CT molecular complexity index is 989. The van der Waals surface area contributed by atoms with Crippen molar-refractivity contribution in [1.82, 2.24) is 5.32 Å². The van der Waals surface area contributed by atoms with Gasteiger partial charge in [0.15, 0.2) is 11.5 Å². The van der Waals surface area contributed by atoms with Crippen LogP contribution in [-0.2, 0) is 21.4 Å². The summed E-state index contributed by atoms with van der Waals surface area (Å²) in [4.78, 5) is 12.8. The smallest absolute Gasteiger partial charge is 0.243 e. The molecule has 0 saturated carbocycles. The quantitative estimate of drug-likeness (QED) is 0.655. The van der Waals surface area contributed by atoms with E-state index in [-0.39, 0.29) is 12.6 Å². The number of rotatable bonds is 9. The summed E-state index contributed by atoms with van der Waals surface area (Å²) in [6, 6.07) is 11.6. The van der Waals surface area contributed by atoms with Gasteiger partial charge in [0.05, 0.1) is 25.2 Å². The number of ether oxygens (including phenoxy) is 2. The van der Waals surface area contributed by atoms with Crippen molar-refractivity contribution in [2.75, 3.05) is 17.7 Å². The van der Waals surface area contributed by atoms with Gasteiger partial charge >= 0.3 is 0 Å². The van der Waals surface area contributed by atoms with Gasteiger partial charge in [-0.25, -0.2) is 8.42 Å². The number of carbonyl (C=O) groups excluding carboxylic acids is 1. The monoisotopic (exact) mass is 434 g/mol. The van der Waals surface area contributed by atoms with Crippen LogP contribution in [0.2, 0.25) is 0 Å². The largest absolute Gasteiger partial charge is 0.493 e. The number of carbonyl (C=O) groups is 1. The number of sulfonamides is 1. The molecule has 0 saturated heterocycles. The molecule has 0 radical (unpaired) electrons. The first-order valence-electron chi connectivity index (χ1n) is 9.70. The van der Waals surface area contributed by atoms with Gasteiger partial charge in [-0.2, -0.15) is 0 Å². The van der Waals surface area contributed by atoms with Crippen molar-refractivity contribution < 1.29 is 22.7 Å². The van der Waals surface area contributed by atoms with E-state index in [1.54, 1.807) is 44.4 Å². The molecule has 8 heteroatoms. The van der Waals surface area contributed by atoms with Crippen molar-refractivity contribution in [2.24, 2.45) is 0 Å². The van der Waals surface area contributed by atoms with Crippen LogP contribution in [0.25, 0.3) is 0 Å². The van der Waals surface area contributed by atoms with Gasteiger partial charge < -0.3 is 14.8 Å². The minimum atomic E-state index is -3.65. The molecule has 0 fully saturated rings. The Kier molecular flexibility index (Phi) is 7.72. The van der Waals surface area contributed by atoms with E-state index in [4.69, 9.17) is 9.47 Å². The third-order valence-electron chi connectivity index (χ3n) is 4.40. The van der Waals surface area contributed by atoms with Crippen LogP contribution in [-0.4, -0.2) is 39.8 Å². The van der Waals surface area contributed by atoms with Crippen LogP contribution in [0.4, 0.5) is 5.69 Å². The van der Waals surface area contributed by atoms with Gasteiger partial charge in [0.2, 0.25) is 15.9 Å². The molecule has 1 N–H and O–H groups in total. The van der Waals surface area contributed by atoms with Crippen molar-refractivity contribution in [3.05, 3.63) is 53.6 Å². The second-order valence-electron chi connectivity index (χ2n) is 7.44. The fourth-order valence-corrected chi connectivity index (χ4v) is 4.25. The van der Waals surface area contributed by atoms with Gasteiger partial charge in [0, 0.05) is 6.54 Å². The molecule has 2 aromatic carbocycles. The minimum Gasteiger partial charge on any atom is -0.493 e. The molecule has 0 spiro atoms. The summed E-state index contributed by atoms with van der Waals surface area (Å²) in [6.45, 7) is 7.52. The van der Waals surface area contributed by atoms with Crippen molar-refractivity contribution in [3.63, 3.8) is 0 Å². The molecule has 0 aliphatic rings. The molecule has 30 heavy (non-hydrogen) atoms. The number of nitrogens with one attached hydrogen (secondary N) is 1. The Morgan fingerprint density at radius 2 is 1.80 bits per heavy atom. The Labute approximate surface area is 179 Å². The van der Waals surface area contributed by atoms with E-state index in [1.807, 2.05) is 32.9 Å². The molecule has 2 rings (SSSR count). The third kappa shape index (κ3) is 6.13. The summed E-state index contributed by atoms with van der Waals surface area (Å²) in [7, 11) is -2.10. The maximum Gasteiger partial charge on any atom is 0.243 e. The van der Waals surface area contributed by atoms with E-state index in [1.165, 1.54) is 0 Å². The topological polar surface area (TPSA) is 84.9 Å². The van der Waals surface area contributed by atoms with E-state index in [0.29, 0.717) is 17.2 Å². The Morgan fingerprint density at radius 1 is 1.10 bits per heavy atom. The highest BCUT2D eigenvalue weighted by Gasteiger charge is 2.29. The predicted molar refractivity (Wildman–Crippen MR) is 119 cm³/mol. The second kappa shape index (κ2) is 9.84. The van der Waals surface area contributed by atoms with E-state index in [2.05, 4.69) is 5.32 Å². The average Bonchev–Trinajstić information content (AvgIpc) is 2.65. The molecule has 0 aromatic heterocycles. The SMILES string of the molecule is COc1cc(CNC(=O)[C@@H](C)N(c2cccc(C)c2)S(C)(=O)=O)ccc1OC(C)C. The highest BCUT2D eigenvalue weighted by molar-refractivity contribution is 7.92. The first-order valence-corrected chi connectivity index (χ1v) is 11.5. The maximum absolute atomic E-state index is 12.8. The number of amides is 1. The van der Waals surface area contributed by atoms with E-state index in [0.717, 1.165) is 21.7 Å². The molecular weight excluding hydrogens is 404 g/mol. The van der Waals surface area contributed by atoms with Gasteiger partial charge in [-0.3, -0.25) is 9.10 Å². The second-order valence-corrected chi connectivity index (χ2v) is 9.30. The standard InChI is InChI=1S/C22H30N2O5S/c1-15(2)29-20-11-10-18(13-21(20)28-5)14-23-22(25)17(4)24(30(6,26)27)19-9-7-8-16(3)12-19/h7-13,15,17H,14H2,1-6H3,(H,23,25)/t17-/m1/s1. The normalized spacial score (nSPS) is 12.4. The molecule has 0 bridgehead atoms. The van der Waals surface area contributed by atoms with Crippen LogP contribution >= 0.6 is 0 Å². The zero-order valence-electron chi connectivity index (χ0n) is 18.3. The lowest BCUT2D eigenvalue weighted by Crippen LogP contribution is -2.47. The summed E-state index contributed by atoms with van der Waals surface area (Å²) in [5, 5.41) is 2.81. The summed E-state index contributed by atoms with van der Waals surface area (Å²) in [5.41, 5.74) is 2.17. The van der Waals surface area contributed by atoms with E-state index in [9.17, 15) is 13.2 Å². The predicted octanol–water partition coefficient (Wildman–Crippen LogP) is 3.26. The first-order chi connectivity index (χ1) is 14.0. The van der Waals surface area contributed by atoms with Crippen molar-refractivity contribution >= 4 is 21.6 Å². The van der Waals surface area contributed by atoms with Crippen LogP contribution < -0.4 is 19.1 Å². The Morgan fingerprint density at radius 3 is 2.37 bits per heavy atom. The third-order valence-corrected chi connectivity index (χ3v) is 5.64. The Balaban J connectivity index is 2.16. The van der Waals surface area contributed by atoms with Gasteiger partial charge in [-0.05, 0) is 63.1 Å². The Hall–Kier alpha value is -2.74. The van der Waals surface area contributed by atoms with Gasteiger partial charge in [0.25, 0.3) is 0 Å². The minimum absolute atomic E-state index is 0.00824. The molecule has 0 unspecified atom stereocenters. The van der Waals surface area contributed by atoms with Crippen molar-refractivity contribution in [3.8, 4) is 11.5 Å². The van der Waals surface area contributed by atoms with Gasteiger partial charge in [0.1, 0.15) is 6.04 Å². The summed E-state index contributed by atoms with van der Waals surface area (Å²) in [5.74, 6) is 0.795. The molecule has 164 valence electrons. The number of hydrogen-bond donors (Lipinski definition) is 1. The van der Waals surface area contributed by atoms with E-state index < -0.39 is 22.0 Å². The summed E-state index contributed by atoms with van der Waals surface area (Å²) in [6.07, 6.45) is 1.10. The highest BCUT2D eigenvalue weighted by atomic mass is 32.2. The lowest BCUT2D eigenvalue weighted by atomic mass is 10.2. The molecule has 7 nitrogen and oxygen atoms in total. The molecule has 0 aliphatic heterocycles. The molecule has 0 aliphatic carbocycles. The van der Waals surface area contributed by atoms with Crippen LogP contribution in [0, 0.1) is 6.92 Å². The molecule has 1 atom stereocenters. The lowest BCUT2D eigenvalue weighted by Gasteiger charge is -2.28. The van der Waals surface area contributed by atoms with Crippen LogP contribution in [0.5, 0.6) is 11.5 Å². The van der Waals surface area contributed by atoms with E-state index >= 15 is 0 Å². The summed E-state index contributed by atoms with van der Waals surface area (Å²) >= 11 is 0. The number of methoxy groups -OCH3 is 1. The number of anilines is 1. The fourth-order valence-electron chi connectivity index (χ4n) is 3.08. The zero-order chi connectivity index (χ0) is 22.5. The number of hydrogen-bond acceptors (Lipinski definition) is 5. The first kappa shape index (κ1) is 23.5. The number of nitrogens with zero attached hydrogens (tertiary/aromatic N) is 1. The fraction of sp³-hybridized carbons (Fsp3) is 0.409. The number of aryl methyl sites for hydroxylation is 1. The molecule has 0 heterocycles. The van der Waals surface area contributed by atoms with Gasteiger partial charge in [-0.15, -0.1) is 0 Å². The average molecular weight is 435 g/mol. The maximum atomic E-state index is 12.8. The lowest BCUT2D eigenvalue weighted by molar-refractivity contribution is -0.122. The van der Waals surface area contributed by atoms with Crippen molar-refractivity contribution in [2.45, 2.75) is 46.4 Å². The van der Waals surface area contributed by atoms with Gasteiger partial charge in [-0.1, -0.05) is 18.2 Å². The highest BCUT2D eigenvalue weighted by Crippen LogP contribution is 2.29. The number of benzene rings is 2. The molecule has 2 aromatic rings. The van der Waals surface area contributed by atoms with Crippen LogP contribution in [0.1, 0.15) is 31.9 Å².